The number of thiocarbonyl (C=S) groups is 1. The molecular weight excluding hydrogens is 308 g/mol. The van der Waals surface area contributed by atoms with Crippen molar-refractivity contribution in [1.82, 2.24) is 14.7 Å². The lowest BCUT2D eigenvalue weighted by molar-refractivity contribution is 0.0673. The summed E-state index contributed by atoms with van der Waals surface area (Å²) in [6, 6.07) is 7.43. The van der Waals surface area contributed by atoms with Crippen molar-refractivity contribution in [3.8, 4) is 0 Å². The summed E-state index contributed by atoms with van der Waals surface area (Å²) >= 11 is 4.94. The maximum absolute atomic E-state index is 12.7. The fraction of sp³-hybridized carbons (Fsp3) is 0.353. The third-order valence-corrected chi connectivity index (χ3v) is 4.44. The van der Waals surface area contributed by atoms with Crippen LogP contribution in [0.4, 0.5) is 0 Å². The van der Waals surface area contributed by atoms with Crippen LogP contribution in [0.5, 0.6) is 0 Å². The summed E-state index contributed by atoms with van der Waals surface area (Å²) in [6.07, 6.45) is 5.93. The van der Waals surface area contributed by atoms with E-state index < -0.39 is 0 Å². The number of carbonyl (C=O) groups excluding carboxylic acids is 1. The summed E-state index contributed by atoms with van der Waals surface area (Å²) in [7, 11) is 0. The number of amides is 1. The highest BCUT2D eigenvalue weighted by Gasteiger charge is 2.25. The van der Waals surface area contributed by atoms with Crippen molar-refractivity contribution in [2.45, 2.75) is 25.8 Å². The summed E-state index contributed by atoms with van der Waals surface area (Å²) in [4.78, 5) is 14.9. The summed E-state index contributed by atoms with van der Waals surface area (Å²) in [5.74, 6) is 0.0491. The minimum absolute atomic E-state index is 0.0491. The number of aromatic nitrogens is 2. The number of rotatable bonds is 3. The second-order valence-corrected chi connectivity index (χ2v) is 6.43. The summed E-state index contributed by atoms with van der Waals surface area (Å²) in [6.45, 7) is 3.50. The van der Waals surface area contributed by atoms with Crippen LogP contribution in [0.2, 0.25) is 0 Å². The Kier molecular flexibility index (Phi) is 4.43. The molecule has 0 aliphatic carbocycles. The molecule has 23 heavy (non-hydrogen) atoms. The minimum atomic E-state index is 0.0491. The zero-order chi connectivity index (χ0) is 16.4. The van der Waals surface area contributed by atoms with E-state index in [0.29, 0.717) is 17.1 Å². The Hall–Kier alpha value is -2.21. The predicted octanol–water partition coefficient (Wildman–Crippen LogP) is 2.30. The molecule has 0 saturated carbocycles. The van der Waals surface area contributed by atoms with Crippen LogP contribution in [-0.2, 0) is 0 Å². The number of hydrogen-bond donors (Lipinski definition) is 1. The molecule has 2 heterocycles. The molecule has 2 N–H and O–H groups in total. The first kappa shape index (κ1) is 15.7. The Labute approximate surface area is 141 Å². The van der Waals surface area contributed by atoms with Gasteiger partial charge in [0.2, 0.25) is 0 Å². The van der Waals surface area contributed by atoms with Crippen molar-refractivity contribution >= 4 is 23.1 Å². The van der Waals surface area contributed by atoms with Crippen LogP contribution < -0.4 is 5.73 Å². The second-order valence-electron chi connectivity index (χ2n) is 5.99. The van der Waals surface area contributed by atoms with E-state index in [2.05, 4.69) is 5.10 Å². The Morgan fingerprint density at radius 1 is 1.30 bits per heavy atom. The van der Waals surface area contributed by atoms with E-state index >= 15 is 0 Å². The SMILES string of the molecule is Cc1cnn([C@@H]2CCCN(C(=O)c3ccc(C(N)=S)cc3)C2)c1. The Balaban J connectivity index is 1.72. The molecule has 1 aliphatic rings. The molecule has 0 bridgehead atoms. The van der Waals surface area contributed by atoms with Gasteiger partial charge in [0, 0.05) is 30.4 Å². The average molecular weight is 328 g/mol. The van der Waals surface area contributed by atoms with Crippen LogP contribution in [0.15, 0.2) is 36.7 Å². The van der Waals surface area contributed by atoms with Gasteiger partial charge in [-0.05, 0) is 37.5 Å². The molecule has 1 atom stereocenters. The van der Waals surface area contributed by atoms with Crippen LogP contribution >= 0.6 is 12.2 Å². The van der Waals surface area contributed by atoms with Crippen molar-refractivity contribution in [1.29, 1.82) is 0 Å². The van der Waals surface area contributed by atoms with Gasteiger partial charge in [-0.3, -0.25) is 9.48 Å². The maximum Gasteiger partial charge on any atom is 0.253 e. The quantitative estimate of drug-likeness (QED) is 0.878. The molecule has 0 unspecified atom stereocenters. The lowest BCUT2D eigenvalue weighted by atomic mass is 10.0. The molecule has 1 aromatic heterocycles. The van der Waals surface area contributed by atoms with Gasteiger partial charge in [-0.15, -0.1) is 0 Å². The molecule has 0 spiro atoms. The summed E-state index contributed by atoms with van der Waals surface area (Å²) in [5.41, 5.74) is 8.18. The third kappa shape index (κ3) is 3.42. The smallest absolute Gasteiger partial charge is 0.253 e. The molecule has 1 aliphatic heterocycles. The molecule has 1 amide bonds. The van der Waals surface area contributed by atoms with Crippen LogP contribution in [-0.4, -0.2) is 38.7 Å². The molecule has 1 saturated heterocycles. The molecule has 1 fully saturated rings. The first-order valence-electron chi connectivity index (χ1n) is 7.74. The van der Waals surface area contributed by atoms with E-state index in [-0.39, 0.29) is 11.9 Å². The van der Waals surface area contributed by atoms with Crippen molar-refractivity contribution < 1.29 is 4.79 Å². The number of aryl methyl sites for hydroxylation is 1. The molecular formula is C17H20N4OS. The first-order chi connectivity index (χ1) is 11.0. The lowest BCUT2D eigenvalue weighted by Gasteiger charge is -2.33. The van der Waals surface area contributed by atoms with Gasteiger partial charge in [0.25, 0.3) is 5.91 Å². The van der Waals surface area contributed by atoms with E-state index in [0.717, 1.165) is 30.5 Å². The van der Waals surface area contributed by atoms with Gasteiger partial charge in [0.05, 0.1) is 12.2 Å². The molecule has 5 nitrogen and oxygen atoms in total. The highest BCUT2D eigenvalue weighted by atomic mass is 32.1. The van der Waals surface area contributed by atoms with Crippen molar-refractivity contribution in [3.05, 3.63) is 53.3 Å². The predicted molar refractivity (Wildman–Crippen MR) is 93.5 cm³/mol. The molecule has 6 heteroatoms. The van der Waals surface area contributed by atoms with Crippen LogP contribution in [0.25, 0.3) is 0 Å². The van der Waals surface area contributed by atoms with Crippen LogP contribution in [0.1, 0.15) is 40.4 Å². The fourth-order valence-electron chi connectivity index (χ4n) is 2.95. The largest absolute Gasteiger partial charge is 0.389 e. The average Bonchev–Trinajstić information content (AvgIpc) is 3.01. The molecule has 1 aromatic carbocycles. The first-order valence-corrected chi connectivity index (χ1v) is 8.15. The highest BCUT2D eigenvalue weighted by molar-refractivity contribution is 7.80. The summed E-state index contributed by atoms with van der Waals surface area (Å²) < 4.78 is 1.98. The van der Waals surface area contributed by atoms with Gasteiger partial charge in [0.1, 0.15) is 4.99 Å². The zero-order valence-corrected chi connectivity index (χ0v) is 13.9. The van der Waals surface area contributed by atoms with Gasteiger partial charge >= 0.3 is 0 Å². The Bertz CT molecular complexity index is 722. The number of piperidine rings is 1. The molecule has 2 aromatic rings. The van der Waals surface area contributed by atoms with Gasteiger partial charge in [-0.2, -0.15) is 5.10 Å². The zero-order valence-electron chi connectivity index (χ0n) is 13.1. The van der Waals surface area contributed by atoms with Crippen molar-refractivity contribution in [2.75, 3.05) is 13.1 Å². The van der Waals surface area contributed by atoms with Gasteiger partial charge in [-0.25, -0.2) is 0 Å². The van der Waals surface area contributed by atoms with E-state index in [1.165, 1.54) is 0 Å². The van der Waals surface area contributed by atoms with E-state index in [1.807, 2.05) is 28.9 Å². The second kappa shape index (κ2) is 6.50. The minimum Gasteiger partial charge on any atom is -0.389 e. The van der Waals surface area contributed by atoms with Crippen LogP contribution in [0.3, 0.4) is 0 Å². The van der Waals surface area contributed by atoms with E-state index in [9.17, 15) is 4.79 Å². The third-order valence-electron chi connectivity index (χ3n) is 4.20. The summed E-state index contributed by atoms with van der Waals surface area (Å²) in [5, 5.41) is 4.39. The van der Waals surface area contributed by atoms with Crippen LogP contribution in [0, 0.1) is 6.92 Å². The molecule has 3 rings (SSSR count). The maximum atomic E-state index is 12.7. The van der Waals surface area contributed by atoms with Gasteiger partial charge < -0.3 is 10.6 Å². The lowest BCUT2D eigenvalue weighted by Crippen LogP contribution is -2.40. The fourth-order valence-corrected chi connectivity index (χ4v) is 3.08. The number of benzene rings is 1. The van der Waals surface area contributed by atoms with E-state index in [4.69, 9.17) is 18.0 Å². The topological polar surface area (TPSA) is 64.2 Å². The number of carbonyl (C=O) groups is 1. The Morgan fingerprint density at radius 2 is 2.00 bits per heavy atom. The number of nitrogens with zero attached hydrogens (tertiary/aromatic N) is 3. The standard InChI is InChI=1S/C17H20N4OS/c1-12-9-19-21(10-12)15-3-2-8-20(11-15)17(22)14-6-4-13(5-7-14)16(18)23/h4-7,9-10,15H,2-3,8,11H2,1H3,(H2,18,23)/t15-/m1/s1. The normalized spacial score (nSPS) is 18.0. The Morgan fingerprint density at radius 3 is 2.61 bits per heavy atom. The number of nitrogens with two attached hydrogens (primary N) is 1. The van der Waals surface area contributed by atoms with Crippen molar-refractivity contribution in [3.63, 3.8) is 0 Å². The van der Waals surface area contributed by atoms with Gasteiger partial charge in [-0.1, -0.05) is 24.4 Å². The monoisotopic (exact) mass is 328 g/mol. The van der Waals surface area contributed by atoms with E-state index in [1.54, 1.807) is 24.3 Å². The number of hydrogen-bond acceptors (Lipinski definition) is 3. The molecule has 120 valence electrons. The number of likely N-dealkylation sites (tertiary alicyclic amines) is 1. The highest BCUT2D eigenvalue weighted by Crippen LogP contribution is 2.22. The molecule has 0 radical (unpaired) electrons. The van der Waals surface area contributed by atoms with Gasteiger partial charge in [0.15, 0.2) is 0 Å². The van der Waals surface area contributed by atoms with Crippen molar-refractivity contribution in [2.24, 2.45) is 5.73 Å².